The second-order valence-corrected chi connectivity index (χ2v) is 5.93. The van der Waals surface area contributed by atoms with E-state index < -0.39 is 28.2 Å². The Bertz CT molecular complexity index is 1070. The number of carbonyl (C=O) groups is 1. The summed E-state index contributed by atoms with van der Waals surface area (Å²) in [5, 5.41) is 14.0. The van der Waals surface area contributed by atoms with Crippen LogP contribution in [-0.4, -0.2) is 16.9 Å². The molecule has 0 saturated carbocycles. The molecule has 0 aliphatic rings. The van der Waals surface area contributed by atoms with E-state index in [4.69, 9.17) is 9.15 Å². The van der Waals surface area contributed by atoms with E-state index in [1.165, 1.54) is 19.1 Å². The summed E-state index contributed by atoms with van der Waals surface area (Å²) in [6.45, 7) is 3.43. The van der Waals surface area contributed by atoms with Crippen LogP contribution in [0.15, 0.2) is 57.7 Å². The van der Waals surface area contributed by atoms with Crippen molar-refractivity contribution in [1.82, 2.24) is 0 Å². The Morgan fingerprint density at radius 2 is 1.85 bits per heavy atom. The van der Waals surface area contributed by atoms with Gasteiger partial charge in [-0.2, -0.15) is 0 Å². The molecule has 3 rings (SSSR count). The zero-order valence-electron chi connectivity index (χ0n) is 14.6. The number of nitrogens with one attached hydrogen (secondary N) is 1. The van der Waals surface area contributed by atoms with E-state index in [0.717, 1.165) is 5.56 Å². The number of para-hydroxylation sites is 1. The van der Waals surface area contributed by atoms with E-state index in [0.29, 0.717) is 5.75 Å². The first kappa shape index (κ1) is 18.1. The first-order chi connectivity index (χ1) is 12.9. The first-order valence-electron chi connectivity index (χ1n) is 8.11. The smallest absolute Gasteiger partial charge is 0.417 e. The van der Waals surface area contributed by atoms with Crippen LogP contribution < -0.4 is 15.7 Å². The van der Waals surface area contributed by atoms with Gasteiger partial charge in [0.15, 0.2) is 6.10 Å². The van der Waals surface area contributed by atoms with Crippen molar-refractivity contribution in [2.24, 2.45) is 0 Å². The molecule has 0 spiro atoms. The molecule has 0 bridgehead atoms. The van der Waals surface area contributed by atoms with E-state index in [2.05, 4.69) is 5.32 Å². The summed E-state index contributed by atoms with van der Waals surface area (Å²) in [6.07, 6.45) is -0.946. The molecule has 1 amide bonds. The number of anilines is 1. The van der Waals surface area contributed by atoms with Crippen molar-refractivity contribution in [3.05, 3.63) is 74.6 Å². The summed E-state index contributed by atoms with van der Waals surface area (Å²) in [5.41, 5.74) is -1.00. The number of amides is 1. The molecule has 0 unspecified atom stereocenters. The van der Waals surface area contributed by atoms with Gasteiger partial charge in [0.25, 0.3) is 5.91 Å². The molecule has 0 aliphatic heterocycles. The molecule has 0 saturated heterocycles. The maximum absolute atomic E-state index is 12.5. The lowest BCUT2D eigenvalue weighted by Crippen LogP contribution is -2.31. The normalized spacial score (nSPS) is 11.8. The molecule has 1 atom stereocenters. The van der Waals surface area contributed by atoms with E-state index in [9.17, 15) is 19.7 Å². The minimum atomic E-state index is -1.14. The highest BCUT2D eigenvalue weighted by atomic mass is 16.6. The number of hydrogen-bond donors (Lipinski definition) is 1. The molecule has 0 aliphatic carbocycles. The Morgan fingerprint density at radius 1 is 1.19 bits per heavy atom. The highest BCUT2D eigenvalue weighted by Crippen LogP contribution is 2.30. The van der Waals surface area contributed by atoms with Gasteiger partial charge < -0.3 is 14.5 Å². The standard InChI is InChI=1S/C19H16N2O6/c1-11-7-9-13(10-8-11)26-12(2)18(22)20-16-14-5-3-4-6-15(14)27-19(23)17(16)21(24)25/h3-10,12H,1-2H3,(H,20,22)/t12-/m0/s1. The van der Waals surface area contributed by atoms with Gasteiger partial charge in [-0.15, -0.1) is 0 Å². The van der Waals surface area contributed by atoms with E-state index >= 15 is 0 Å². The summed E-state index contributed by atoms with van der Waals surface area (Å²) < 4.78 is 10.5. The molecule has 1 aromatic heterocycles. The van der Waals surface area contributed by atoms with Crippen LogP contribution in [0.3, 0.4) is 0 Å². The molecule has 8 heteroatoms. The number of benzene rings is 2. The number of ether oxygens (including phenoxy) is 1. The molecule has 2 aromatic carbocycles. The minimum absolute atomic E-state index is 0.135. The van der Waals surface area contributed by atoms with Crippen molar-refractivity contribution in [2.45, 2.75) is 20.0 Å². The summed E-state index contributed by atoms with van der Waals surface area (Å²) in [5.74, 6) is -0.149. The van der Waals surface area contributed by atoms with Gasteiger partial charge in [-0.05, 0) is 38.1 Å². The summed E-state index contributed by atoms with van der Waals surface area (Å²) in [7, 11) is 0. The summed E-state index contributed by atoms with van der Waals surface area (Å²) in [4.78, 5) is 34.9. The second-order valence-electron chi connectivity index (χ2n) is 5.93. The Hall–Kier alpha value is -3.68. The fourth-order valence-electron chi connectivity index (χ4n) is 2.53. The topological polar surface area (TPSA) is 112 Å². The zero-order chi connectivity index (χ0) is 19.6. The van der Waals surface area contributed by atoms with Crippen molar-refractivity contribution in [3.63, 3.8) is 0 Å². The van der Waals surface area contributed by atoms with Crippen molar-refractivity contribution >= 4 is 28.3 Å². The van der Waals surface area contributed by atoms with Crippen LogP contribution in [0.5, 0.6) is 5.75 Å². The predicted octanol–water partition coefficient (Wildman–Crippen LogP) is 3.42. The third-order valence-electron chi connectivity index (χ3n) is 3.92. The molecule has 1 N–H and O–H groups in total. The quantitative estimate of drug-likeness (QED) is 0.419. The molecule has 8 nitrogen and oxygen atoms in total. The molecule has 1 heterocycles. The van der Waals surface area contributed by atoms with Crippen molar-refractivity contribution in [2.75, 3.05) is 5.32 Å². The van der Waals surface area contributed by atoms with Crippen molar-refractivity contribution in [3.8, 4) is 5.75 Å². The molecule has 27 heavy (non-hydrogen) atoms. The predicted molar refractivity (Wildman–Crippen MR) is 99.0 cm³/mol. The van der Waals surface area contributed by atoms with Gasteiger partial charge in [-0.25, -0.2) is 4.79 Å². The van der Waals surface area contributed by atoms with Gasteiger partial charge in [0.2, 0.25) is 0 Å². The highest BCUT2D eigenvalue weighted by Gasteiger charge is 2.27. The van der Waals surface area contributed by atoms with Gasteiger partial charge in [0.1, 0.15) is 17.0 Å². The van der Waals surface area contributed by atoms with E-state index in [1.54, 1.807) is 24.3 Å². The van der Waals surface area contributed by atoms with Crippen LogP contribution in [0.1, 0.15) is 12.5 Å². The number of hydrogen-bond acceptors (Lipinski definition) is 6. The van der Waals surface area contributed by atoms with Gasteiger partial charge in [-0.3, -0.25) is 14.9 Å². The van der Waals surface area contributed by atoms with E-state index in [1.807, 2.05) is 19.1 Å². The van der Waals surface area contributed by atoms with Crippen LogP contribution in [0.2, 0.25) is 0 Å². The Kier molecular flexibility index (Phi) is 4.89. The zero-order valence-corrected chi connectivity index (χ0v) is 14.6. The van der Waals surface area contributed by atoms with Crippen LogP contribution in [0, 0.1) is 17.0 Å². The molecule has 0 radical (unpaired) electrons. The summed E-state index contributed by atoms with van der Waals surface area (Å²) in [6, 6.07) is 13.3. The SMILES string of the molecule is Cc1ccc(O[C@@H](C)C(=O)Nc2c([N+](=O)[O-])c(=O)oc3ccccc23)cc1. The molecule has 138 valence electrons. The van der Waals surface area contributed by atoms with Gasteiger partial charge >= 0.3 is 11.3 Å². The number of rotatable bonds is 5. The average molecular weight is 368 g/mol. The monoisotopic (exact) mass is 368 g/mol. The van der Waals surface area contributed by atoms with Crippen LogP contribution >= 0.6 is 0 Å². The van der Waals surface area contributed by atoms with Gasteiger partial charge in [0.05, 0.1) is 4.92 Å². The molecular weight excluding hydrogens is 352 g/mol. The number of nitrogens with zero attached hydrogens (tertiary/aromatic N) is 1. The van der Waals surface area contributed by atoms with Crippen molar-refractivity contribution < 1.29 is 18.9 Å². The maximum Gasteiger partial charge on any atom is 0.417 e. The Morgan fingerprint density at radius 3 is 2.52 bits per heavy atom. The third kappa shape index (κ3) is 3.79. The number of nitro groups is 1. The first-order valence-corrected chi connectivity index (χ1v) is 8.11. The lowest BCUT2D eigenvalue weighted by atomic mass is 10.1. The van der Waals surface area contributed by atoms with Crippen LogP contribution in [-0.2, 0) is 4.79 Å². The number of aryl methyl sites for hydroxylation is 1. The highest BCUT2D eigenvalue weighted by molar-refractivity contribution is 6.05. The van der Waals surface area contributed by atoms with Crippen LogP contribution in [0.25, 0.3) is 11.0 Å². The lowest BCUT2D eigenvalue weighted by molar-refractivity contribution is -0.386. The number of carbonyl (C=O) groups excluding carboxylic acids is 1. The van der Waals surface area contributed by atoms with E-state index in [-0.39, 0.29) is 16.7 Å². The summed E-state index contributed by atoms with van der Waals surface area (Å²) >= 11 is 0. The third-order valence-corrected chi connectivity index (χ3v) is 3.92. The second kappa shape index (κ2) is 7.28. The Labute approximate surface area is 153 Å². The molecule has 3 aromatic rings. The van der Waals surface area contributed by atoms with Crippen LogP contribution in [0.4, 0.5) is 11.4 Å². The number of fused-ring (bicyclic) bond motifs is 1. The fourth-order valence-corrected chi connectivity index (χ4v) is 2.53. The minimum Gasteiger partial charge on any atom is -0.481 e. The average Bonchev–Trinajstić information content (AvgIpc) is 2.63. The Balaban J connectivity index is 1.94. The van der Waals surface area contributed by atoms with Gasteiger partial charge in [0, 0.05) is 5.39 Å². The van der Waals surface area contributed by atoms with Crippen molar-refractivity contribution in [1.29, 1.82) is 0 Å². The van der Waals surface area contributed by atoms with Gasteiger partial charge in [-0.1, -0.05) is 29.8 Å². The molecule has 0 fully saturated rings. The largest absolute Gasteiger partial charge is 0.481 e. The lowest BCUT2D eigenvalue weighted by Gasteiger charge is -2.15. The maximum atomic E-state index is 12.5. The molecular formula is C19H16N2O6. The fraction of sp³-hybridized carbons (Fsp3) is 0.158.